The summed E-state index contributed by atoms with van der Waals surface area (Å²) in [5, 5.41) is 0. The van der Waals surface area contributed by atoms with Crippen LogP contribution in [-0.2, 0) is 6.54 Å². The third-order valence-corrected chi connectivity index (χ3v) is 3.11. The van der Waals surface area contributed by atoms with Crippen LogP contribution >= 0.6 is 0 Å². The summed E-state index contributed by atoms with van der Waals surface area (Å²) in [5.74, 6) is 0. The van der Waals surface area contributed by atoms with E-state index in [1.807, 2.05) is 18.3 Å². The minimum atomic E-state index is 0.0423. The van der Waals surface area contributed by atoms with Crippen molar-refractivity contribution in [2.24, 2.45) is 5.73 Å². The van der Waals surface area contributed by atoms with Gasteiger partial charge in [-0.1, -0.05) is 6.07 Å². The third kappa shape index (κ3) is 3.01. The van der Waals surface area contributed by atoms with E-state index >= 15 is 0 Å². The van der Waals surface area contributed by atoms with E-state index in [2.05, 4.69) is 22.9 Å². The number of rotatable bonds is 2. The molecule has 0 aromatic carbocycles. The molecule has 1 aliphatic rings. The monoisotopic (exact) mass is 205 g/mol. The van der Waals surface area contributed by atoms with E-state index in [0.29, 0.717) is 0 Å². The van der Waals surface area contributed by atoms with Crippen molar-refractivity contribution in [2.45, 2.75) is 31.8 Å². The first-order valence-electron chi connectivity index (χ1n) is 5.57. The van der Waals surface area contributed by atoms with E-state index in [9.17, 15) is 0 Å². The lowest BCUT2D eigenvalue weighted by molar-refractivity contribution is 0.163. The second-order valence-electron chi connectivity index (χ2n) is 4.75. The summed E-state index contributed by atoms with van der Waals surface area (Å²) >= 11 is 0. The van der Waals surface area contributed by atoms with E-state index in [0.717, 1.165) is 38.2 Å². The van der Waals surface area contributed by atoms with E-state index < -0.39 is 0 Å². The third-order valence-electron chi connectivity index (χ3n) is 3.11. The Balaban J connectivity index is 1.88. The number of piperidine rings is 1. The second-order valence-corrected chi connectivity index (χ2v) is 4.75. The Morgan fingerprint density at radius 3 is 2.73 bits per heavy atom. The lowest BCUT2D eigenvalue weighted by Gasteiger charge is -2.36. The van der Waals surface area contributed by atoms with Crippen LogP contribution in [0.4, 0.5) is 0 Å². The molecule has 3 heteroatoms. The Morgan fingerprint density at radius 1 is 1.40 bits per heavy atom. The van der Waals surface area contributed by atoms with Gasteiger partial charge < -0.3 is 5.73 Å². The summed E-state index contributed by atoms with van der Waals surface area (Å²) in [4.78, 5) is 6.76. The number of pyridine rings is 1. The van der Waals surface area contributed by atoms with Crippen molar-refractivity contribution >= 4 is 0 Å². The maximum absolute atomic E-state index is 6.09. The summed E-state index contributed by atoms with van der Waals surface area (Å²) in [6, 6.07) is 6.08. The van der Waals surface area contributed by atoms with Gasteiger partial charge in [0.1, 0.15) is 0 Å². The van der Waals surface area contributed by atoms with Gasteiger partial charge in [0.05, 0.1) is 5.69 Å². The number of hydrogen-bond acceptors (Lipinski definition) is 3. The van der Waals surface area contributed by atoms with Crippen molar-refractivity contribution in [1.29, 1.82) is 0 Å². The molecule has 0 amide bonds. The quantitative estimate of drug-likeness (QED) is 0.793. The van der Waals surface area contributed by atoms with Crippen molar-refractivity contribution < 1.29 is 0 Å². The molecule has 15 heavy (non-hydrogen) atoms. The fourth-order valence-electron chi connectivity index (χ4n) is 1.94. The fraction of sp³-hybridized carbons (Fsp3) is 0.583. The van der Waals surface area contributed by atoms with Gasteiger partial charge in [0.2, 0.25) is 0 Å². The van der Waals surface area contributed by atoms with Crippen molar-refractivity contribution in [3.05, 3.63) is 30.1 Å². The van der Waals surface area contributed by atoms with Crippen molar-refractivity contribution in [2.75, 3.05) is 13.1 Å². The molecule has 1 aromatic rings. The SMILES string of the molecule is CC1(N)CCN(Cc2ccccn2)CC1. The first-order chi connectivity index (χ1) is 7.16. The minimum absolute atomic E-state index is 0.0423. The predicted octanol–water partition coefficient (Wildman–Crippen LogP) is 1.39. The number of likely N-dealkylation sites (tertiary alicyclic amines) is 1. The molecule has 0 spiro atoms. The van der Waals surface area contributed by atoms with Gasteiger partial charge in [-0.2, -0.15) is 0 Å². The highest BCUT2D eigenvalue weighted by molar-refractivity contribution is 5.03. The molecule has 2 heterocycles. The van der Waals surface area contributed by atoms with E-state index in [4.69, 9.17) is 5.73 Å². The molecule has 0 radical (unpaired) electrons. The van der Waals surface area contributed by atoms with Crippen LogP contribution < -0.4 is 5.73 Å². The molecule has 1 fully saturated rings. The maximum atomic E-state index is 6.09. The molecule has 0 bridgehead atoms. The highest BCUT2D eigenvalue weighted by Crippen LogP contribution is 2.19. The summed E-state index contributed by atoms with van der Waals surface area (Å²) in [6.07, 6.45) is 4.02. The molecule has 0 atom stereocenters. The molecule has 1 saturated heterocycles. The van der Waals surface area contributed by atoms with Gasteiger partial charge in [0.25, 0.3) is 0 Å². The second kappa shape index (κ2) is 4.29. The highest BCUT2D eigenvalue weighted by atomic mass is 15.1. The average Bonchev–Trinajstić information content (AvgIpc) is 2.23. The standard InChI is InChI=1S/C12H19N3/c1-12(13)5-8-15(9-6-12)10-11-4-2-3-7-14-11/h2-4,7H,5-6,8-10,13H2,1H3. The fourth-order valence-corrected chi connectivity index (χ4v) is 1.94. The number of nitrogens with two attached hydrogens (primary N) is 1. The molecule has 3 nitrogen and oxygen atoms in total. The molecule has 82 valence electrons. The Kier molecular flexibility index (Phi) is 3.03. The zero-order valence-corrected chi connectivity index (χ0v) is 9.32. The normalized spacial score (nSPS) is 21.5. The van der Waals surface area contributed by atoms with E-state index in [1.54, 1.807) is 0 Å². The molecular formula is C12H19N3. The summed E-state index contributed by atoms with van der Waals surface area (Å²) in [7, 11) is 0. The maximum Gasteiger partial charge on any atom is 0.0543 e. The molecule has 2 rings (SSSR count). The van der Waals surface area contributed by atoms with Crippen LogP contribution in [-0.4, -0.2) is 28.5 Å². The van der Waals surface area contributed by atoms with Crippen LogP contribution in [0.3, 0.4) is 0 Å². The Morgan fingerprint density at radius 2 is 2.13 bits per heavy atom. The van der Waals surface area contributed by atoms with Crippen molar-refractivity contribution in [3.8, 4) is 0 Å². The topological polar surface area (TPSA) is 42.1 Å². The molecule has 2 N–H and O–H groups in total. The van der Waals surface area contributed by atoms with E-state index in [-0.39, 0.29) is 5.54 Å². The molecule has 0 unspecified atom stereocenters. The summed E-state index contributed by atoms with van der Waals surface area (Å²) in [6.45, 7) is 5.27. The lowest BCUT2D eigenvalue weighted by Crippen LogP contribution is -2.47. The van der Waals surface area contributed by atoms with Gasteiger partial charge in [-0.15, -0.1) is 0 Å². The predicted molar refractivity (Wildman–Crippen MR) is 61.3 cm³/mol. The lowest BCUT2D eigenvalue weighted by atomic mass is 9.91. The Bertz CT molecular complexity index is 298. The van der Waals surface area contributed by atoms with E-state index in [1.165, 1.54) is 0 Å². The van der Waals surface area contributed by atoms with Crippen LogP contribution in [0.5, 0.6) is 0 Å². The first kappa shape index (κ1) is 10.6. The summed E-state index contributed by atoms with van der Waals surface area (Å²) in [5.41, 5.74) is 7.28. The smallest absolute Gasteiger partial charge is 0.0543 e. The minimum Gasteiger partial charge on any atom is -0.325 e. The van der Waals surface area contributed by atoms with Crippen LogP contribution in [0.1, 0.15) is 25.5 Å². The van der Waals surface area contributed by atoms with Crippen molar-refractivity contribution in [3.63, 3.8) is 0 Å². The van der Waals surface area contributed by atoms with Gasteiger partial charge >= 0.3 is 0 Å². The zero-order valence-electron chi connectivity index (χ0n) is 9.32. The highest BCUT2D eigenvalue weighted by Gasteiger charge is 2.25. The average molecular weight is 205 g/mol. The molecular weight excluding hydrogens is 186 g/mol. The molecule has 0 saturated carbocycles. The number of aromatic nitrogens is 1. The Hall–Kier alpha value is -0.930. The zero-order chi connectivity index (χ0) is 10.7. The summed E-state index contributed by atoms with van der Waals surface area (Å²) < 4.78 is 0. The molecule has 0 aliphatic carbocycles. The van der Waals surface area contributed by atoms with Gasteiger partial charge in [0.15, 0.2) is 0 Å². The van der Waals surface area contributed by atoms with Crippen LogP contribution in [0.2, 0.25) is 0 Å². The van der Waals surface area contributed by atoms with Crippen LogP contribution in [0.25, 0.3) is 0 Å². The number of nitrogens with zero attached hydrogens (tertiary/aromatic N) is 2. The van der Waals surface area contributed by atoms with Gasteiger partial charge in [-0.25, -0.2) is 0 Å². The van der Waals surface area contributed by atoms with Crippen LogP contribution in [0, 0.1) is 0 Å². The number of hydrogen-bond donors (Lipinski definition) is 1. The molecule has 1 aliphatic heterocycles. The van der Waals surface area contributed by atoms with Crippen LogP contribution in [0.15, 0.2) is 24.4 Å². The molecule has 1 aromatic heterocycles. The van der Waals surface area contributed by atoms with Gasteiger partial charge in [-0.05, 0) is 31.9 Å². The van der Waals surface area contributed by atoms with Crippen molar-refractivity contribution in [1.82, 2.24) is 9.88 Å². The first-order valence-corrected chi connectivity index (χ1v) is 5.57. The Labute approximate surface area is 91.3 Å². The van der Waals surface area contributed by atoms with Gasteiger partial charge in [0, 0.05) is 31.4 Å². The largest absolute Gasteiger partial charge is 0.325 e. The van der Waals surface area contributed by atoms with Gasteiger partial charge in [-0.3, -0.25) is 9.88 Å².